The highest BCUT2D eigenvalue weighted by Crippen LogP contribution is 2.23. The van der Waals surface area contributed by atoms with Crippen LogP contribution in [0.2, 0.25) is 0 Å². The van der Waals surface area contributed by atoms with Gasteiger partial charge in [-0.05, 0) is 12.1 Å². The number of carbonyl (C=O) groups is 1. The van der Waals surface area contributed by atoms with Gasteiger partial charge in [0.25, 0.3) is 0 Å². The van der Waals surface area contributed by atoms with Gasteiger partial charge in [-0.2, -0.15) is 5.10 Å². The molecule has 2 aromatic heterocycles. The molecule has 3 aromatic rings. The van der Waals surface area contributed by atoms with E-state index in [-0.39, 0.29) is 23.8 Å². The SMILES string of the molecule is O=C(O)c1ccc(-c2nc(Nc3cnn(CCO)c3)ncc2F)cc1. The number of aliphatic hydroxyl groups excluding tert-OH is 1. The van der Waals surface area contributed by atoms with Crippen LogP contribution in [0.25, 0.3) is 11.3 Å². The molecule has 128 valence electrons. The van der Waals surface area contributed by atoms with Crippen LogP contribution in [0.3, 0.4) is 0 Å². The summed E-state index contributed by atoms with van der Waals surface area (Å²) < 4.78 is 15.6. The first-order chi connectivity index (χ1) is 12.1. The maximum Gasteiger partial charge on any atom is 0.335 e. The number of hydrogen-bond donors (Lipinski definition) is 3. The average Bonchev–Trinajstić information content (AvgIpc) is 3.04. The van der Waals surface area contributed by atoms with Gasteiger partial charge < -0.3 is 15.5 Å². The van der Waals surface area contributed by atoms with Crippen molar-refractivity contribution >= 4 is 17.6 Å². The monoisotopic (exact) mass is 343 g/mol. The van der Waals surface area contributed by atoms with Crippen molar-refractivity contribution < 1.29 is 19.4 Å². The van der Waals surface area contributed by atoms with Crippen LogP contribution in [-0.4, -0.2) is 42.5 Å². The fourth-order valence-corrected chi connectivity index (χ4v) is 2.18. The maximum atomic E-state index is 14.0. The summed E-state index contributed by atoms with van der Waals surface area (Å²) in [6.07, 6.45) is 4.22. The normalized spacial score (nSPS) is 10.6. The molecule has 0 aliphatic carbocycles. The molecule has 8 nitrogen and oxygen atoms in total. The second-order valence-electron chi connectivity index (χ2n) is 5.11. The molecule has 1 aromatic carbocycles. The lowest BCUT2D eigenvalue weighted by molar-refractivity contribution is 0.0697. The Morgan fingerprint density at radius 2 is 2.00 bits per heavy atom. The highest BCUT2D eigenvalue weighted by molar-refractivity contribution is 5.88. The Labute approximate surface area is 141 Å². The molecule has 25 heavy (non-hydrogen) atoms. The number of benzene rings is 1. The van der Waals surface area contributed by atoms with Gasteiger partial charge >= 0.3 is 5.97 Å². The quantitative estimate of drug-likeness (QED) is 0.626. The van der Waals surface area contributed by atoms with E-state index in [0.29, 0.717) is 17.8 Å². The van der Waals surface area contributed by atoms with Crippen LogP contribution in [-0.2, 0) is 6.54 Å². The maximum absolute atomic E-state index is 14.0. The summed E-state index contributed by atoms with van der Waals surface area (Å²) in [5.74, 6) is -1.51. The van der Waals surface area contributed by atoms with Gasteiger partial charge in [-0.25, -0.2) is 19.2 Å². The first kappa shape index (κ1) is 16.5. The van der Waals surface area contributed by atoms with Gasteiger partial charge in [0.15, 0.2) is 5.82 Å². The third kappa shape index (κ3) is 3.78. The molecule has 3 N–H and O–H groups in total. The van der Waals surface area contributed by atoms with E-state index in [4.69, 9.17) is 10.2 Å². The van der Waals surface area contributed by atoms with E-state index in [1.807, 2.05) is 0 Å². The average molecular weight is 343 g/mol. The van der Waals surface area contributed by atoms with Gasteiger partial charge in [0.05, 0.1) is 36.8 Å². The highest BCUT2D eigenvalue weighted by atomic mass is 19.1. The number of rotatable bonds is 6. The Morgan fingerprint density at radius 1 is 1.24 bits per heavy atom. The first-order valence-electron chi connectivity index (χ1n) is 7.33. The van der Waals surface area contributed by atoms with Crippen molar-refractivity contribution in [2.45, 2.75) is 6.54 Å². The third-order valence-electron chi connectivity index (χ3n) is 3.37. The van der Waals surface area contributed by atoms with Crippen molar-refractivity contribution in [3.8, 4) is 11.3 Å². The van der Waals surface area contributed by atoms with E-state index in [9.17, 15) is 9.18 Å². The number of aromatic nitrogens is 4. The molecule has 3 rings (SSSR count). The molecule has 0 aliphatic rings. The Kier molecular flexibility index (Phi) is 4.66. The predicted molar refractivity (Wildman–Crippen MR) is 87.0 cm³/mol. The number of aromatic carboxylic acids is 1. The first-order valence-corrected chi connectivity index (χ1v) is 7.33. The number of nitrogens with zero attached hydrogens (tertiary/aromatic N) is 4. The van der Waals surface area contributed by atoms with Crippen molar-refractivity contribution in [2.75, 3.05) is 11.9 Å². The summed E-state index contributed by atoms with van der Waals surface area (Å²) in [5.41, 5.74) is 1.18. The van der Waals surface area contributed by atoms with Gasteiger partial charge in [-0.15, -0.1) is 0 Å². The van der Waals surface area contributed by atoms with E-state index in [1.165, 1.54) is 35.1 Å². The van der Waals surface area contributed by atoms with Crippen LogP contribution >= 0.6 is 0 Å². The Hall–Kier alpha value is -3.33. The second kappa shape index (κ2) is 7.05. The van der Waals surface area contributed by atoms with E-state index < -0.39 is 11.8 Å². The number of hydrogen-bond acceptors (Lipinski definition) is 6. The summed E-state index contributed by atoms with van der Waals surface area (Å²) in [6.45, 7) is 0.317. The fourth-order valence-electron chi connectivity index (χ4n) is 2.18. The molecule has 0 bridgehead atoms. The van der Waals surface area contributed by atoms with Crippen molar-refractivity contribution in [1.29, 1.82) is 0 Å². The number of anilines is 2. The van der Waals surface area contributed by atoms with Gasteiger partial charge in [-0.1, -0.05) is 12.1 Å². The molecule has 0 spiro atoms. The second-order valence-corrected chi connectivity index (χ2v) is 5.11. The van der Waals surface area contributed by atoms with Gasteiger partial charge in [0.1, 0.15) is 5.69 Å². The standard InChI is InChI=1S/C16H14FN5O3/c17-13-8-18-16(20-12-7-19-22(9-12)5-6-23)21-14(13)10-1-3-11(4-2-10)15(24)25/h1-4,7-9,23H,5-6H2,(H,24,25)(H,18,20,21). The van der Waals surface area contributed by atoms with Crippen LogP contribution in [0.15, 0.2) is 42.9 Å². The van der Waals surface area contributed by atoms with E-state index in [1.54, 1.807) is 6.20 Å². The Balaban J connectivity index is 1.85. The zero-order chi connectivity index (χ0) is 17.8. The molecule has 0 atom stereocenters. The fraction of sp³-hybridized carbons (Fsp3) is 0.125. The molecule has 0 saturated carbocycles. The molecule has 0 aliphatic heterocycles. The lowest BCUT2D eigenvalue weighted by Gasteiger charge is -2.06. The number of halogens is 1. The van der Waals surface area contributed by atoms with E-state index in [0.717, 1.165) is 6.20 Å². The number of nitrogens with one attached hydrogen (secondary N) is 1. The lowest BCUT2D eigenvalue weighted by Crippen LogP contribution is -2.02. The van der Waals surface area contributed by atoms with Gasteiger partial charge in [0, 0.05) is 11.8 Å². The largest absolute Gasteiger partial charge is 0.478 e. The minimum Gasteiger partial charge on any atom is -0.478 e. The van der Waals surface area contributed by atoms with Crippen LogP contribution < -0.4 is 5.32 Å². The zero-order valence-electron chi connectivity index (χ0n) is 12.9. The van der Waals surface area contributed by atoms with Crippen molar-refractivity contribution in [1.82, 2.24) is 19.7 Å². The molecular weight excluding hydrogens is 329 g/mol. The summed E-state index contributed by atoms with van der Waals surface area (Å²) in [6, 6.07) is 5.73. The van der Waals surface area contributed by atoms with Crippen molar-refractivity contribution in [3.63, 3.8) is 0 Å². The van der Waals surface area contributed by atoms with Crippen LogP contribution in [0.4, 0.5) is 16.0 Å². The Morgan fingerprint density at radius 3 is 2.68 bits per heavy atom. The number of carboxylic acid groups (broad SMARTS) is 1. The van der Waals surface area contributed by atoms with Crippen molar-refractivity contribution in [2.24, 2.45) is 0 Å². The molecule has 2 heterocycles. The minimum absolute atomic E-state index is 0.0370. The highest BCUT2D eigenvalue weighted by Gasteiger charge is 2.11. The van der Waals surface area contributed by atoms with Gasteiger partial charge in [-0.3, -0.25) is 4.68 Å². The minimum atomic E-state index is -1.06. The summed E-state index contributed by atoms with van der Waals surface area (Å²) in [4.78, 5) is 18.9. The Bertz CT molecular complexity index is 895. The summed E-state index contributed by atoms with van der Waals surface area (Å²) in [7, 11) is 0. The number of aliphatic hydroxyl groups is 1. The molecule has 0 saturated heterocycles. The lowest BCUT2D eigenvalue weighted by atomic mass is 10.1. The topological polar surface area (TPSA) is 113 Å². The summed E-state index contributed by atoms with van der Waals surface area (Å²) >= 11 is 0. The van der Waals surface area contributed by atoms with Crippen LogP contribution in [0.5, 0.6) is 0 Å². The third-order valence-corrected chi connectivity index (χ3v) is 3.37. The van der Waals surface area contributed by atoms with Crippen LogP contribution in [0, 0.1) is 5.82 Å². The molecule has 0 radical (unpaired) electrons. The van der Waals surface area contributed by atoms with Crippen LogP contribution in [0.1, 0.15) is 10.4 Å². The zero-order valence-corrected chi connectivity index (χ0v) is 12.9. The molecular formula is C16H14FN5O3. The molecule has 0 unspecified atom stereocenters. The molecule has 0 fully saturated rings. The predicted octanol–water partition coefficient (Wildman–Crippen LogP) is 1.91. The molecule has 0 amide bonds. The molecule has 9 heteroatoms. The number of carboxylic acids is 1. The summed E-state index contributed by atoms with van der Waals surface area (Å²) in [5, 5.41) is 24.7. The van der Waals surface area contributed by atoms with Gasteiger partial charge in [0.2, 0.25) is 5.95 Å². The smallest absolute Gasteiger partial charge is 0.335 e. The van der Waals surface area contributed by atoms with E-state index >= 15 is 0 Å². The van der Waals surface area contributed by atoms with Crippen molar-refractivity contribution in [3.05, 3.63) is 54.2 Å². The van der Waals surface area contributed by atoms with E-state index in [2.05, 4.69) is 20.4 Å².